The molecule has 1 aliphatic heterocycles. The number of hydrogen-bond donors (Lipinski definition) is 1. The van der Waals surface area contributed by atoms with Gasteiger partial charge in [-0.25, -0.2) is 4.79 Å². The van der Waals surface area contributed by atoms with Crippen LogP contribution in [0.5, 0.6) is 0 Å². The first-order valence-corrected chi connectivity index (χ1v) is 7.63. The predicted molar refractivity (Wildman–Crippen MR) is 82.0 cm³/mol. The van der Waals surface area contributed by atoms with E-state index in [9.17, 15) is 9.59 Å². The minimum Gasteiger partial charge on any atom is -0.480 e. The average molecular weight is 331 g/mol. The van der Waals surface area contributed by atoms with Crippen LogP contribution < -0.4 is 0 Å². The van der Waals surface area contributed by atoms with Gasteiger partial charge in [0, 0.05) is 24.9 Å². The van der Waals surface area contributed by atoms with E-state index in [1.165, 1.54) is 4.90 Å². The number of carbonyl (C=O) groups is 2. The molecule has 0 saturated carbocycles. The van der Waals surface area contributed by atoms with Crippen molar-refractivity contribution in [2.45, 2.75) is 18.9 Å². The molecule has 3 rings (SSSR count). The third-order valence-electron chi connectivity index (χ3n) is 3.77. The number of benzene rings is 1. The van der Waals surface area contributed by atoms with Crippen molar-refractivity contribution in [2.24, 2.45) is 0 Å². The number of ether oxygens (including phenoxy) is 1. The van der Waals surface area contributed by atoms with Gasteiger partial charge in [0.15, 0.2) is 6.04 Å². The molecule has 126 valence electrons. The number of nitrogens with zero attached hydrogens (tertiary/aromatic N) is 3. The summed E-state index contributed by atoms with van der Waals surface area (Å²) in [7, 11) is 0. The Balaban J connectivity index is 1.60. The van der Waals surface area contributed by atoms with Crippen molar-refractivity contribution in [3.63, 3.8) is 0 Å². The number of rotatable bonds is 5. The fourth-order valence-corrected chi connectivity index (χ4v) is 2.52. The number of morpholine rings is 1. The van der Waals surface area contributed by atoms with Crippen LogP contribution in [0.1, 0.15) is 12.3 Å². The maximum absolute atomic E-state index is 12.3. The third-order valence-corrected chi connectivity index (χ3v) is 3.77. The minimum atomic E-state index is -1.06. The number of aryl methyl sites for hydroxylation is 1. The number of carbonyl (C=O) groups excluding carboxylic acids is 1. The van der Waals surface area contributed by atoms with Crippen LogP contribution in [-0.4, -0.2) is 57.9 Å². The fraction of sp³-hybridized carbons (Fsp3) is 0.375. The SMILES string of the molecule is O=C(O)C1COCCN1C(=O)CCc1nnc(-c2ccccc2)o1. The second kappa shape index (κ2) is 7.22. The molecule has 1 fully saturated rings. The van der Waals surface area contributed by atoms with Gasteiger partial charge in [-0.2, -0.15) is 0 Å². The largest absolute Gasteiger partial charge is 0.480 e. The third kappa shape index (κ3) is 3.60. The maximum atomic E-state index is 12.3. The quantitative estimate of drug-likeness (QED) is 0.870. The molecule has 2 heterocycles. The molecule has 0 aliphatic carbocycles. The van der Waals surface area contributed by atoms with Crippen molar-refractivity contribution >= 4 is 11.9 Å². The van der Waals surface area contributed by atoms with Crippen LogP contribution in [0, 0.1) is 0 Å². The Morgan fingerprint density at radius 2 is 2.04 bits per heavy atom. The molecule has 1 saturated heterocycles. The zero-order valence-electron chi connectivity index (χ0n) is 12.9. The summed E-state index contributed by atoms with van der Waals surface area (Å²) in [5, 5.41) is 17.1. The van der Waals surface area contributed by atoms with E-state index < -0.39 is 12.0 Å². The second-order valence-corrected chi connectivity index (χ2v) is 5.38. The lowest BCUT2D eigenvalue weighted by atomic mass is 10.2. The fourth-order valence-electron chi connectivity index (χ4n) is 2.52. The van der Waals surface area contributed by atoms with E-state index in [0.717, 1.165) is 5.56 Å². The van der Waals surface area contributed by atoms with E-state index in [4.69, 9.17) is 14.3 Å². The molecule has 0 bridgehead atoms. The first-order valence-electron chi connectivity index (χ1n) is 7.63. The Kier molecular flexibility index (Phi) is 4.85. The van der Waals surface area contributed by atoms with Crippen LogP contribution in [0.2, 0.25) is 0 Å². The lowest BCUT2D eigenvalue weighted by molar-refractivity contribution is -0.158. The van der Waals surface area contributed by atoms with E-state index >= 15 is 0 Å². The number of carboxylic acid groups (broad SMARTS) is 1. The van der Waals surface area contributed by atoms with Gasteiger partial charge in [-0.3, -0.25) is 4.79 Å². The van der Waals surface area contributed by atoms with Gasteiger partial charge in [-0.15, -0.1) is 10.2 Å². The molecular formula is C16H17N3O5. The highest BCUT2D eigenvalue weighted by Crippen LogP contribution is 2.18. The Hall–Kier alpha value is -2.74. The van der Waals surface area contributed by atoms with Crippen molar-refractivity contribution in [2.75, 3.05) is 19.8 Å². The number of aromatic nitrogens is 2. The molecule has 1 unspecified atom stereocenters. The Labute approximate surface area is 138 Å². The van der Waals surface area contributed by atoms with Gasteiger partial charge >= 0.3 is 5.97 Å². The van der Waals surface area contributed by atoms with Crippen molar-refractivity contribution in [1.82, 2.24) is 15.1 Å². The summed E-state index contributed by atoms with van der Waals surface area (Å²) in [6.07, 6.45) is 0.378. The van der Waals surface area contributed by atoms with Gasteiger partial charge in [0.05, 0.1) is 13.2 Å². The van der Waals surface area contributed by atoms with E-state index in [-0.39, 0.29) is 31.9 Å². The highest BCUT2D eigenvalue weighted by Gasteiger charge is 2.32. The number of aliphatic carboxylic acids is 1. The molecule has 8 heteroatoms. The lowest BCUT2D eigenvalue weighted by Gasteiger charge is -2.32. The van der Waals surface area contributed by atoms with Crippen LogP contribution in [0.15, 0.2) is 34.7 Å². The summed E-state index contributed by atoms with van der Waals surface area (Å²) in [5.74, 6) is -0.576. The van der Waals surface area contributed by atoms with Gasteiger partial charge in [-0.1, -0.05) is 18.2 Å². The molecule has 8 nitrogen and oxygen atoms in total. The Bertz CT molecular complexity index is 716. The molecular weight excluding hydrogens is 314 g/mol. The number of carboxylic acids is 1. The van der Waals surface area contributed by atoms with Crippen LogP contribution in [0.25, 0.3) is 11.5 Å². The molecule has 1 aromatic carbocycles. The normalized spacial score (nSPS) is 17.7. The number of amides is 1. The van der Waals surface area contributed by atoms with Crippen molar-refractivity contribution in [3.8, 4) is 11.5 Å². The van der Waals surface area contributed by atoms with Gasteiger partial charge < -0.3 is 19.2 Å². The van der Waals surface area contributed by atoms with Crippen molar-refractivity contribution < 1.29 is 23.8 Å². The minimum absolute atomic E-state index is 0.0137. The molecule has 1 atom stereocenters. The van der Waals surface area contributed by atoms with Crippen molar-refractivity contribution in [1.29, 1.82) is 0 Å². The Morgan fingerprint density at radius 1 is 1.25 bits per heavy atom. The van der Waals surface area contributed by atoms with Crippen molar-refractivity contribution in [3.05, 3.63) is 36.2 Å². The van der Waals surface area contributed by atoms with E-state index in [1.807, 2.05) is 30.3 Å². The summed E-state index contributed by atoms with van der Waals surface area (Å²) in [6, 6.07) is 8.40. The summed E-state index contributed by atoms with van der Waals surface area (Å²) < 4.78 is 10.7. The van der Waals surface area contributed by atoms with Crippen LogP contribution in [-0.2, 0) is 20.7 Å². The summed E-state index contributed by atoms with van der Waals surface area (Å²) in [4.78, 5) is 24.8. The average Bonchev–Trinajstić information content (AvgIpc) is 3.09. The molecule has 0 radical (unpaired) electrons. The molecule has 0 spiro atoms. The van der Waals surface area contributed by atoms with Gasteiger partial charge in [0.25, 0.3) is 0 Å². The van der Waals surface area contributed by atoms with Gasteiger partial charge in [0.2, 0.25) is 17.7 Å². The lowest BCUT2D eigenvalue weighted by Crippen LogP contribution is -2.52. The summed E-state index contributed by atoms with van der Waals surface area (Å²) in [6.45, 7) is 0.628. The standard InChI is InChI=1S/C16H17N3O5/c20-14(19-8-9-23-10-12(19)16(21)22)7-6-13-17-18-15(24-13)11-4-2-1-3-5-11/h1-5,12H,6-10H2,(H,21,22). The molecule has 24 heavy (non-hydrogen) atoms. The smallest absolute Gasteiger partial charge is 0.328 e. The molecule has 2 aromatic rings. The van der Waals surface area contributed by atoms with Gasteiger partial charge in [0.1, 0.15) is 0 Å². The maximum Gasteiger partial charge on any atom is 0.328 e. The van der Waals surface area contributed by atoms with Crippen LogP contribution in [0.4, 0.5) is 0 Å². The Morgan fingerprint density at radius 3 is 2.79 bits per heavy atom. The van der Waals surface area contributed by atoms with Gasteiger partial charge in [-0.05, 0) is 12.1 Å². The topological polar surface area (TPSA) is 106 Å². The second-order valence-electron chi connectivity index (χ2n) is 5.38. The summed E-state index contributed by atoms with van der Waals surface area (Å²) in [5.41, 5.74) is 0.807. The molecule has 1 aromatic heterocycles. The number of hydrogen-bond acceptors (Lipinski definition) is 6. The summed E-state index contributed by atoms with van der Waals surface area (Å²) >= 11 is 0. The highest BCUT2D eigenvalue weighted by molar-refractivity contribution is 5.84. The van der Waals surface area contributed by atoms with E-state index in [2.05, 4.69) is 10.2 Å². The van der Waals surface area contributed by atoms with Crippen LogP contribution in [0.3, 0.4) is 0 Å². The zero-order valence-corrected chi connectivity index (χ0v) is 12.9. The van der Waals surface area contributed by atoms with E-state index in [1.54, 1.807) is 0 Å². The predicted octanol–water partition coefficient (Wildman–Crippen LogP) is 0.981. The molecule has 1 N–H and O–H groups in total. The molecule has 1 amide bonds. The monoisotopic (exact) mass is 331 g/mol. The highest BCUT2D eigenvalue weighted by atomic mass is 16.5. The first-order chi connectivity index (χ1) is 11.6. The first kappa shape index (κ1) is 16.1. The molecule has 1 aliphatic rings. The van der Waals surface area contributed by atoms with E-state index in [0.29, 0.717) is 18.4 Å². The van der Waals surface area contributed by atoms with Crippen LogP contribution >= 0.6 is 0 Å². The zero-order chi connectivity index (χ0) is 16.9.